The van der Waals surface area contributed by atoms with Crippen LogP contribution in [-0.2, 0) is 6.54 Å². The summed E-state index contributed by atoms with van der Waals surface area (Å²) in [6.07, 6.45) is 2.63. The van der Waals surface area contributed by atoms with Crippen molar-refractivity contribution in [2.45, 2.75) is 40.7 Å². The number of amidine groups is 1. The SMILES string of the molecule is Cc1ncn(CCC(C)(C)C(N)=NO)c1C. The number of nitrogens with two attached hydrogens (primary N) is 1. The van der Waals surface area contributed by atoms with E-state index in [1.807, 2.05) is 34.0 Å². The molecule has 5 nitrogen and oxygen atoms in total. The highest BCUT2D eigenvalue weighted by molar-refractivity contribution is 5.85. The van der Waals surface area contributed by atoms with Gasteiger partial charge in [0.15, 0.2) is 0 Å². The largest absolute Gasteiger partial charge is 0.409 e. The molecule has 0 aliphatic heterocycles. The average Bonchev–Trinajstić information content (AvgIpc) is 2.56. The maximum atomic E-state index is 8.67. The average molecular weight is 224 g/mol. The summed E-state index contributed by atoms with van der Waals surface area (Å²) in [4.78, 5) is 4.23. The van der Waals surface area contributed by atoms with Crippen molar-refractivity contribution in [2.24, 2.45) is 16.3 Å². The van der Waals surface area contributed by atoms with Crippen molar-refractivity contribution < 1.29 is 5.21 Å². The lowest BCUT2D eigenvalue weighted by molar-refractivity contribution is 0.303. The van der Waals surface area contributed by atoms with Gasteiger partial charge < -0.3 is 15.5 Å². The number of nitrogens with zero attached hydrogens (tertiary/aromatic N) is 3. The summed E-state index contributed by atoms with van der Waals surface area (Å²) >= 11 is 0. The molecule has 90 valence electrons. The van der Waals surface area contributed by atoms with E-state index in [0.29, 0.717) is 0 Å². The van der Waals surface area contributed by atoms with Gasteiger partial charge in [0.2, 0.25) is 0 Å². The molecule has 1 rings (SSSR count). The minimum absolute atomic E-state index is 0.266. The van der Waals surface area contributed by atoms with Crippen LogP contribution in [0.25, 0.3) is 0 Å². The molecular weight excluding hydrogens is 204 g/mol. The molecule has 3 N–H and O–H groups in total. The molecule has 0 saturated carbocycles. The Balaban J connectivity index is 2.68. The molecule has 0 unspecified atom stereocenters. The highest BCUT2D eigenvalue weighted by Crippen LogP contribution is 2.22. The zero-order chi connectivity index (χ0) is 12.3. The third-order valence-corrected chi connectivity index (χ3v) is 3.12. The van der Waals surface area contributed by atoms with Crippen molar-refractivity contribution in [1.82, 2.24) is 9.55 Å². The van der Waals surface area contributed by atoms with Gasteiger partial charge >= 0.3 is 0 Å². The van der Waals surface area contributed by atoms with Crippen molar-refractivity contribution in [3.05, 3.63) is 17.7 Å². The molecular formula is C11H20N4O. The van der Waals surface area contributed by atoms with Crippen LogP contribution in [-0.4, -0.2) is 20.6 Å². The molecule has 0 spiro atoms. The minimum Gasteiger partial charge on any atom is -0.409 e. The fourth-order valence-electron chi connectivity index (χ4n) is 1.43. The van der Waals surface area contributed by atoms with Gasteiger partial charge in [-0.1, -0.05) is 19.0 Å². The number of oxime groups is 1. The highest BCUT2D eigenvalue weighted by Gasteiger charge is 2.23. The van der Waals surface area contributed by atoms with E-state index in [2.05, 4.69) is 14.7 Å². The molecule has 1 heterocycles. The normalized spacial score (nSPS) is 13.1. The second-order valence-electron chi connectivity index (χ2n) is 4.73. The topological polar surface area (TPSA) is 76.4 Å². The summed E-state index contributed by atoms with van der Waals surface area (Å²) in [5.41, 5.74) is 7.53. The van der Waals surface area contributed by atoms with Gasteiger partial charge in [0.25, 0.3) is 0 Å². The van der Waals surface area contributed by atoms with Crippen molar-refractivity contribution in [3.8, 4) is 0 Å². The zero-order valence-electron chi connectivity index (χ0n) is 10.4. The van der Waals surface area contributed by atoms with Crippen LogP contribution in [0.4, 0.5) is 0 Å². The van der Waals surface area contributed by atoms with E-state index in [0.717, 1.165) is 24.4 Å². The summed E-state index contributed by atoms with van der Waals surface area (Å²) < 4.78 is 2.09. The van der Waals surface area contributed by atoms with Crippen LogP contribution in [0, 0.1) is 19.3 Å². The molecule has 0 atom stereocenters. The molecule has 0 bridgehead atoms. The Morgan fingerprint density at radius 1 is 1.56 bits per heavy atom. The van der Waals surface area contributed by atoms with Gasteiger partial charge in [0.05, 0.1) is 12.0 Å². The Morgan fingerprint density at radius 3 is 2.62 bits per heavy atom. The van der Waals surface area contributed by atoms with Gasteiger partial charge in [-0.2, -0.15) is 0 Å². The van der Waals surface area contributed by atoms with E-state index in [-0.39, 0.29) is 11.3 Å². The maximum Gasteiger partial charge on any atom is 0.144 e. The molecule has 0 amide bonds. The summed E-state index contributed by atoms with van der Waals surface area (Å²) in [6, 6.07) is 0. The van der Waals surface area contributed by atoms with E-state index in [9.17, 15) is 0 Å². The Bertz CT molecular complexity index is 393. The first kappa shape index (κ1) is 12.5. The van der Waals surface area contributed by atoms with Gasteiger partial charge in [-0.3, -0.25) is 0 Å². The zero-order valence-corrected chi connectivity index (χ0v) is 10.4. The predicted molar refractivity (Wildman–Crippen MR) is 63.5 cm³/mol. The fraction of sp³-hybridized carbons (Fsp3) is 0.636. The molecule has 0 aliphatic rings. The van der Waals surface area contributed by atoms with E-state index >= 15 is 0 Å². The fourth-order valence-corrected chi connectivity index (χ4v) is 1.43. The highest BCUT2D eigenvalue weighted by atomic mass is 16.4. The Morgan fingerprint density at radius 2 is 2.19 bits per heavy atom. The van der Waals surface area contributed by atoms with Crippen LogP contribution in [0.3, 0.4) is 0 Å². The predicted octanol–water partition coefficient (Wildman–Crippen LogP) is 1.66. The molecule has 1 aromatic rings. The van der Waals surface area contributed by atoms with E-state index in [1.165, 1.54) is 0 Å². The number of imidazole rings is 1. The molecule has 0 aliphatic carbocycles. The lowest BCUT2D eigenvalue weighted by atomic mass is 9.88. The second-order valence-corrected chi connectivity index (χ2v) is 4.73. The monoisotopic (exact) mass is 224 g/mol. The molecule has 0 radical (unpaired) electrons. The third-order valence-electron chi connectivity index (χ3n) is 3.12. The smallest absolute Gasteiger partial charge is 0.144 e. The van der Waals surface area contributed by atoms with Crippen molar-refractivity contribution in [3.63, 3.8) is 0 Å². The standard InChI is InChI=1S/C11H20N4O/c1-8-9(2)15(7-13-8)6-5-11(3,4)10(12)14-16/h7,16H,5-6H2,1-4H3,(H2,12,14). The summed E-state index contributed by atoms with van der Waals surface area (Å²) in [6.45, 7) is 8.76. The van der Waals surface area contributed by atoms with Crippen LogP contribution < -0.4 is 5.73 Å². The second kappa shape index (κ2) is 4.55. The van der Waals surface area contributed by atoms with Gasteiger partial charge in [0.1, 0.15) is 5.84 Å². The lowest BCUT2D eigenvalue weighted by Crippen LogP contribution is -2.33. The summed E-state index contributed by atoms with van der Waals surface area (Å²) in [7, 11) is 0. The number of aryl methyl sites for hydroxylation is 2. The summed E-state index contributed by atoms with van der Waals surface area (Å²) in [5.74, 6) is 0.266. The molecule has 1 aromatic heterocycles. The van der Waals surface area contributed by atoms with Crippen LogP contribution in [0.15, 0.2) is 11.5 Å². The van der Waals surface area contributed by atoms with Crippen LogP contribution in [0.1, 0.15) is 31.7 Å². The van der Waals surface area contributed by atoms with Crippen LogP contribution in [0.5, 0.6) is 0 Å². The van der Waals surface area contributed by atoms with Crippen LogP contribution in [0.2, 0.25) is 0 Å². The van der Waals surface area contributed by atoms with Crippen molar-refractivity contribution in [1.29, 1.82) is 0 Å². The van der Waals surface area contributed by atoms with E-state index in [1.54, 1.807) is 0 Å². The number of hydrogen-bond acceptors (Lipinski definition) is 3. The Kier molecular flexibility index (Phi) is 3.57. The molecule has 5 heteroatoms. The molecule has 0 aromatic carbocycles. The molecule has 0 fully saturated rings. The molecule has 0 saturated heterocycles. The van der Waals surface area contributed by atoms with Gasteiger partial charge in [-0.25, -0.2) is 4.98 Å². The van der Waals surface area contributed by atoms with Crippen molar-refractivity contribution >= 4 is 5.84 Å². The van der Waals surface area contributed by atoms with Gasteiger partial charge in [-0.15, -0.1) is 0 Å². The van der Waals surface area contributed by atoms with Crippen molar-refractivity contribution in [2.75, 3.05) is 0 Å². The third kappa shape index (κ3) is 2.53. The first-order valence-electron chi connectivity index (χ1n) is 5.35. The van der Waals surface area contributed by atoms with Crippen LogP contribution >= 0.6 is 0 Å². The number of aromatic nitrogens is 2. The Labute approximate surface area is 96.0 Å². The van der Waals surface area contributed by atoms with Gasteiger partial charge in [-0.05, 0) is 20.3 Å². The summed E-state index contributed by atoms with van der Waals surface area (Å²) in [5, 5.41) is 11.7. The minimum atomic E-state index is -0.306. The molecule has 16 heavy (non-hydrogen) atoms. The number of rotatable bonds is 4. The first-order valence-corrected chi connectivity index (χ1v) is 5.35. The quantitative estimate of drug-likeness (QED) is 0.353. The van der Waals surface area contributed by atoms with Gasteiger partial charge in [0, 0.05) is 17.7 Å². The van der Waals surface area contributed by atoms with E-state index < -0.39 is 0 Å². The maximum absolute atomic E-state index is 8.67. The Hall–Kier alpha value is -1.52. The lowest BCUT2D eigenvalue weighted by Gasteiger charge is -2.23. The number of hydrogen-bond donors (Lipinski definition) is 2. The first-order chi connectivity index (χ1) is 7.38. The van der Waals surface area contributed by atoms with E-state index in [4.69, 9.17) is 10.9 Å².